The van der Waals surface area contributed by atoms with Crippen molar-refractivity contribution >= 4 is 35.3 Å². The van der Waals surface area contributed by atoms with Crippen molar-refractivity contribution in [2.24, 2.45) is 0 Å². The van der Waals surface area contributed by atoms with Gasteiger partial charge in [0.15, 0.2) is 11.5 Å². The zero-order chi connectivity index (χ0) is 30.2. The maximum Gasteiger partial charge on any atom is 0.265 e. The Hall–Kier alpha value is -4.49. The van der Waals surface area contributed by atoms with E-state index in [0.29, 0.717) is 48.9 Å². The number of benzene rings is 4. The number of fused-ring (bicyclic) bond motifs is 1. The first kappa shape index (κ1) is 30.0. The van der Waals surface area contributed by atoms with Crippen LogP contribution in [0.4, 0.5) is 5.69 Å². The summed E-state index contributed by atoms with van der Waals surface area (Å²) in [5.74, 6) is 1.27. The lowest BCUT2D eigenvalue weighted by Gasteiger charge is -2.31. The van der Waals surface area contributed by atoms with Crippen LogP contribution in [0.1, 0.15) is 46.5 Å². The number of amides is 2. The third kappa shape index (κ3) is 7.30. The first-order chi connectivity index (χ1) is 21.0. The molecule has 1 N–H and O–H groups in total. The molecule has 1 heterocycles. The van der Waals surface area contributed by atoms with Gasteiger partial charge in [0.2, 0.25) is 0 Å². The Morgan fingerprint density at radius 3 is 2.37 bits per heavy atom. The number of anilines is 1. The highest BCUT2D eigenvalue weighted by atomic mass is 32.2. The minimum absolute atomic E-state index is 0.0319. The second-order valence-electron chi connectivity index (χ2n) is 10.2. The fraction of sp³-hybridized carbons (Fsp3) is 0.222. The molecule has 5 rings (SSSR count). The van der Waals surface area contributed by atoms with Gasteiger partial charge in [-0.25, -0.2) is 0 Å². The van der Waals surface area contributed by atoms with Crippen LogP contribution in [0.2, 0.25) is 0 Å². The Morgan fingerprint density at radius 2 is 1.60 bits per heavy atom. The summed E-state index contributed by atoms with van der Waals surface area (Å²) in [6.45, 7) is 8.07. The summed E-state index contributed by atoms with van der Waals surface area (Å²) in [6, 6.07) is 29.4. The van der Waals surface area contributed by atoms with Gasteiger partial charge in [0.1, 0.15) is 0 Å². The van der Waals surface area contributed by atoms with Crippen LogP contribution in [0.3, 0.4) is 0 Å². The molecule has 0 atom stereocenters. The highest BCUT2D eigenvalue weighted by Crippen LogP contribution is 2.42. The van der Waals surface area contributed by atoms with Crippen LogP contribution < -0.4 is 19.7 Å². The molecule has 0 bridgehead atoms. The molecule has 0 fully saturated rings. The lowest BCUT2D eigenvalue weighted by atomic mass is 10.1. The minimum atomic E-state index is -0.142. The topological polar surface area (TPSA) is 67.9 Å². The Bertz CT molecular complexity index is 1630. The molecule has 220 valence electrons. The number of nitrogens with one attached hydrogen (secondary N) is 1. The van der Waals surface area contributed by atoms with Crippen LogP contribution in [-0.2, 0) is 17.8 Å². The number of hydrogen-bond acceptors (Lipinski definition) is 5. The van der Waals surface area contributed by atoms with Crippen LogP contribution >= 0.6 is 11.8 Å². The summed E-state index contributed by atoms with van der Waals surface area (Å²) in [5, 5.41) is 3.00. The Labute approximate surface area is 257 Å². The first-order valence-electron chi connectivity index (χ1n) is 14.6. The molecule has 0 spiro atoms. The van der Waals surface area contributed by atoms with Gasteiger partial charge in [-0.3, -0.25) is 9.59 Å². The SMILES string of the molecule is CCOc1ccc(CCNC(=O)c2ccc(C=C3Sc4ccccc4N(Cc4ccccc4C)C3=O)cc2)cc1OCC. The molecule has 0 radical (unpaired) electrons. The predicted molar refractivity (Wildman–Crippen MR) is 174 cm³/mol. The largest absolute Gasteiger partial charge is 0.490 e. The normalized spacial score (nSPS) is 13.5. The summed E-state index contributed by atoms with van der Waals surface area (Å²) in [4.78, 5) is 30.1. The maximum absolute atomic E-state index is 13.7. The van der Waals surface area contributed by atoms with E-state index in [0.717, 1.165) is 38.6 Å². The average molecular weight is 593 g/mol. The number of nitrogens with zero attached hydrogens (tertiary/aromatic N) is 1. The van der Waals surface area contributed by atoms with Crippen molar-refractivity contribution in [1.29, 1.82) is 0 Å². The van der Waals surface area contributed by atoms with Gasteiger partial charge in [0, 0.05) is 17.0 Å². The third-order valence-electron chi connectivity index (χ3n) is 7.20. The van der Waals surface area contributed by atoms with Crippen molar-refractivity contribution in [3.05, 3.63) is 124 Å². The number of para-hydroxylation sites is 1. The molecule has 0 aliphatic carbocycles. The Morgan fingerprint density at radius 1 is 0.884 bits per heavy atom. The van der Waals surface area contributed by atoms with Gasteiger partial charge in [-0.05, 0) is 91.9 Å². The van der Waals surface area contributed by atoms with E-state index in [1.807, 2.05) is 91.6 Å². The van der Waals surface area contributed by atoms with E-state index in [1.165, 1.54) is 11.8 Å². The van der Waals surface area contributed by atoms with Crippen molar-refractivity contribution in [1.82, 2.24) is 5.32 Å². The molecule has 0 saturated heterocycles. The molecule has 1 aliphatic rings. The molecule has 2 amide bonds. The maximum atomic E-state index is 13.7. The Balaban J connectivity index is 1.24. The zero-order valence-corrected chi connectivity index (χ0v) is 25.6. The molecular formula is C36H36N2O4S. The number of ether oxygens (including phenoxy) is 2. The van der Waals surface area contributed by atoms with E-state index in [9.17, 15) is 9.59 Å². The lowest BCUT2D eigenvalue weighted by molar-refractivity contribution is -0.114. The van der Waals surface area contributed by atoms with Crippen LogP contribution in [0.15, 0.2) is 101 Å². The van der Waals surface area contributed by atoms with Crippen molar-refractivity contribution in [3.63, 3.8) is 0 Å². The summed E-state index contributed by atoms with van der Waals surface area (Å²) >= 11 is 1.48. The van der Waals surface area contributed by atoms with Crippen molar-refractivity contribution in [2.75, 3.05) is 24.7 Å². The van der Waals surface area contributed by atoms with Gasteiger partial charge < -0.3 is 19.7 Å². The van der Waals surface area contributed by atoms with E-state index in [-0.39, 0.29) is 11.8 Å². The van der Waals surface area contributed by atoms with Crippen LogP contribution in [0.5, 0.6) is 11.5 Å². The smallest absolute Gasteiger partial charge is 0.265 e. The second kappa shape index (κ2) is 14.1. The Kier molecular flexibility index (Phi) is 9.84. The fourth-order valence-electron chi connectivity index (χ4n) is 4.93. The van der Waals surface area contributed by atoms with Crippen LogP contribution in [0, 0.1) is 6.92 Å². The van der Waals surface area contributed by atoms with E-state index in [2.05, 4.69) is 24.4 Å². The number of hydrogen-bond donors (Lipinski definition) is 1. The molecule has 0 unspecified atom stereocenters. The molecule has 7 heteroatoms. The predicted octanol–water partition coefficient (Wildman–Crippen LogP) is 7.44. The number of carbonyl (C=O) groups excluding carboxylic acids is 2. The van der Waals surface area contributed by atoms with Crippen molar-refractivity contribution in [2.45, 2.75) is 38.6 Å². The first-order valence-corrected chi connectivity index (χ1v) is 15.4. The molecule has 4 aromatic rings. The minimum Gasteiger partial charge on any atom is -0.490 e. The van der Waals surface area contributed by atoms with E-state index < -0.39 is 0 Å². The standard InChI is InChI=1S/C36H36N2O4S/c1-4-41-31-19-16-27(22-32(31)42-5-2)20-21-37-35(39)28-17-14-26(15-18-28)23-34-36(40)38(24-29-11-7-6-10-25(29)3)30-12-8-9-13-33(30)43-34/h6-19,22-23H,4-5,20-21,24H2,1-3H3,(H,37,39). The van der Waals surface area contributed by atoms with Gasteiger partial charge in [0.25, 0.3) is 11.8 Å². The van der Waals surface area contributed by atoms with E-state index in [4.69, 9.17) is 9.47 Å². The van der Waals surface area contributed by atoms with E-state index >= 15 is 0 Å². The summed E-state index contributed by atoms with van der Waals surface area (Å²) in [6.07, 6.45) is 2.57. The van der Waals surface area contributed by atoms with Gasteiger partial charge in [0.05, 0.1) is 30.4 Å². The van der Waals surface area contributed by atoms with E-state index in [1.54, 1.807) is 12.1 Å². The molecule has 4 aromatic carbocycles. The quantitative estimate of drug-likeness (QED) is 0.183. The van der Waals surface area contributed by atoms with Gasteiger partial charge in [-0.15, -0.1) is 0 Å². The fourth-order valence-corrected chi connectivity index (χ4v) is 5.99. The second-order valence-corrected chi connectivity index (χ2v) is 11.3. The number of aryl methyl sites for hydroxylation is 1. The van der Waals surface area contributed by atoms with Crippen molar-refractivity contribution < 1.29 is 19.1 Å². The number of thioether (sulfide) groups is 1. The van der Waals surface area contributed by atoms with Crippen LogP contribution in [-0.4, -0.2) is 31.6 Å². The van der Waals surface area contributed by atoms with Crippen LogP contribution in [0.25, 0.3) is 6.08 Å². The molecule has 1 aliphatic heterocycles. The zero-order valence-electron chi connectivity index (χ0n) is 24.8. The highest BCUT2D eigenvalue weighted by molar-refractivity contribution is 8.04. The monoisotopic (exact) mass is 592 g/mol. The molecular weight excluding hydrogens is 556 g/mol. The average Bonchev–Trinajstić information content (AvgIpc) is 3.02. The van der Waals surface area contributed by atoms with Crippen molar-refractivity contribution in [3.8, 4) is 11.5 Å². The lowest BCUT2D eigenvalue weighted by Crippen LogP contribution is -2.33. The van der Waals surface area contributed by atoms with Gasteiger partial charge >= 0.3 is 0 Å². The van der Waals surface area contributed by atoms with Gasteiger partial charge in [-0.2, -0.15) is 0 Å². The molecule has 0 saturated carbocycles. The molecule has 0 aromatic heterocycles. The van der Waals surface area contributed by atoms with Gasteiger partial charge in [-0.1, -0.05) is 66.4 Å². The summed E-state index contributed by atoms with van der Waals surface area (Å²) < 4.78 is 11.3. The molecule has 43 heavy (non-hydrogen) atoms. The third-order valence-corrected chi connectivity index (χ3v) is 8.28. The molecule has 6 nitrogen and oxygen atoms in total. The summed E-state index contributed by atoms with van der Waals surface area (Å²) in [5.41, 5.74) is 5.68. The summed E-state index contributed by atoms with van der Waals surface area (Å²) in [7, 11) is 0. The number of carbonyl (C=O) groups is 2. The number of rotatable bonds is 11. The highest BCUT2D eigenvalue weighted by Gasteiger charge is 2.29.